The Kier molecular flexibility index (Phi) is 21.6. The molecular formula is C68H73ClN10O19. The van der Waals surface area contributed by atoms with Crippen molar-refractivity contribution < 1.29 is 87.6 Å². The van der Waals surface area contributed by atoms with Crippen LogP contribution in [0.25, 0.3) is 33.4 Å². The molecule has 5 aliphatic rings. The van der Waals surface area contributed by atoms with E-state index in [0.29, 0.717) is 45.9 Å². The number of ether oxygens (including phenoxy) is 4. The van der Waals surface area contributed by atoms with Crippen LogP contribution < -0.4 is 48.1 Å². The number of nitrogens with zero attached hydrogens (tertiary/aromatic N) is 2. The van der Waals surface area contributed by atoms with Gasteiger partial charge < -0.3 is 91.6 Å². The summed E-state index contributed by atoms with van der Waals surface area (Å²) >= 11 is 6.57. The van der Waals surface area contributed by atoms with E-state index in [-0.39, 0.29) is 62.6 Å². The number of carbonyl (C=O) groups excluding carboxylic acids is 9. The van der Waals surface area contributed by atoms with Gasteiger partial charge in [-0.2, -0.15) is 0 Å². The summed E-state index contributed by atoms with van der Waals surface area (Å²) < 4.78 is 23.4. The zero-order chi connectivity index (χ0) is 69.5. The normalized spacial score (nSPS) is 20.7. The number of esters is 1. The summed E-state index contributed by atoms with van der Waals surface area (Å²) in [5, 5.41) is 73.2. The molecule has 0 saturated carbocycles. The van der Waals surface area contributed by atoms with Crippen molar-refractivity contribution in [3.05, 3.63) is 157 Å². The van der Waals surface area contributed by atoms with Gasteiger partial charge in [0.2, 0.25) is 41.4 Å². The number of nitrogens with one attached hydrogen (secondary N) is 8. The maximum absolute atomic E-state index is 14.0. The lowest BCUT2D eigenvalue weighted by Crippen LogP contribution is -2.60. The molecule has 2 aromatic heterocycles. The van der Waals surface area contributed by atoms with E-state index in [4.69, 9.17) is 35.5 Å². The molecule has 30 heteroatoms. The highest BCUT2D eigenvalue weighted by atomic mass is 35.5. The number of carbonyl (C=O) groups is 9. The Hall–Kier alpha value is -9.72. The average molecular weight is 1370 g/mol. The van der Waals surface area contributed by atoms with Gasteiger partial charge in [0, 0.05) is 46.8 Å². The van der Waals surface area contributed by atoms with Crippen LogP contribution in [0.2, 0.25) is 5.02 Å². The molecule has 0 bridgehead atoms. The molecule has 29 nitrogen and oxygen atoms in total. The number of rotatable bonds is 26. The van der Waals surface area contributed by atoms with Crippen molar-refractivity contribution in [1.82, 2.24) is 52.1 Å². The topological polar surface area (TPSA) is 423 Å². The molecule has 13 N–H and O–H groups in total. The lowest BCUT2D eigenvalue weighted by Gasteiger charge is -2.40. The number of aryl methyl sites for hydroxylation is 1. The number of hydrogen-bond donors (Lipinski definition) is 13. The lowest BCUT2D eigenvalue weighted by molar-refractivity contribution is -0.227. The molecule has 11 rings (SSSR count). The maximum Gasteiger partial charge on any atom is 0.407 e. The predicted molar refractivity (Wildman–Crippen MR) is 347 cm³/mol. The molecule has 8 amide bonds. The largest absolute Gasteiger partial charge is 0.458 e. The predicted octanol–water partition coefficient (Wildman–Crippen LogP) is -0.351. The Labute approximate surface area is 564 Å². The van der Waals surface area contributed by atoms with Gasteiger partial charge in [-0.15, -0.1) is 0 Å². The van der Waals surface area contributed by atoms with Gasteiger partial charge in [-0.1, -0.05) is 97.4 Å². The van der Waals surface area contributed by atoms with Crippen LogP contribution in [0.3, 0.4) is 0 Å². The Morgan fingerprint density at radius 2 is 1.41 bits per heavy atom. The Bertz CT molecular complexity index is 4130. The van der Waals surface area contributed by atoms with E-state index in [1.807, 2.05) is 54.6 Å². The summed E-state index contributed by atoms with van der Waals surface area (Å²) in [6, 6.07) is 25.6. The second-order valence-corrected chi connectivity index (χ2v) is 24.9. The van der Waals surface area contributed by atoms with Crippen molar-refractivity contribution in [1.29, 1.82) is 0 Å². The van der Waals surface area contributed by atoms with Crippen LogP contribution in [0.1, 0.15) is 89.1 Å². The van der Waals surface area contributed by atoms with Crippen molar-refractivity contribution in [3.63, 3.8) is 0 Å². The molecule has 9 atom stereocenters. The molecule has 0 unspecified atom stereocenters. The third-order valence-electron chi connectivity index (χ3n) is 18.2. The molecular weight excluding hydrogens is 1300 g/mol. The number of alkyl carbamates (subject to hydrolysis) is 1. The number of aromatic nitrogens is 2. The average Bonchev–Trinajstić information content (AvgIpc) is 1.51. The number of benzene rings is 4. The van der Waals surface area contributed by atoms with E-state index >= 15 is 0 Å². The van der Waals surface area contributed by atoms with Crippen LogP contribution in [-0.4, -0.2) is 184 Å². The molecule has 6 aromatic rings. The van der Waals surface area contributed by atoms with Gasteiger partial charge >= 0.3 is 12.1 Å². The first-order valence-electron chi connectivity index (χ1n) is 31.9. The smallest absolute Gasteiger partial charge is 0.407 e. The quantitative estimate of drug-likeness (QED) is 0.0187. The first-order valence-corrected chi connectivity index (χ1v) is 32.3. The second kappa shape index (κ2) is 30.4. The summed E-state index contributed by atoms with van der Waals surface area (Å²) in [4.78, 5) is 139. The second-order valence-electron chi connectivity index (χ2n) is 24.4. The Balaban J connectivity index is 0.653. The van der Waals surface area contributed by atoms with E-state index in [1.165, 1.54) is 4.57 Å². The van der Waals surface area contributed by atoms with Crippen molar-refractivity contribution in [2.75, 3.05) is 52.7 Å². The highest BCUT2D eigenvalue weighted by Crippen LogP contribution is 2.47. The zero-order valence-corrected chi connectivity index (χ0v) is 53.7. The Morgan fingerprint density at radius 3 is 2.11 bits per heavy atom. The van der Waals surface area contributed by atoms with E-state index in [2.05, 4.69) is 42.5 Å². The van der Waals surface area contributed by atoms with Crippen LogP contribution in [0.5, 0.6) is 0 Å². The van der Waals surface area contributed by atoms with Crippen LogP contribution in [0.15, 0.2) is 102 Å². The van der Waals surface area contributed by atoms with Gasteiger partial charge in [-0.3, -0.25) is 38.4 Å². The van der Waals surface area contributed by atoms with Crippen LogP contribution in [0, 0.1) is 0 Å². The van der Waals surface area contributed by atoms with Gasteiger partial charge in [0.15, 0.2) is 5.60 Å². The lowest BCUT2D eigenvalue weighted by atomic mass is 9.83. The van der Waals surface area contributed by atoms with Crippen molar-refractivity contribution in [3.8, 4) is 22.5 Å². The summed E-state index contributed by atoms with van der Waals surface area (Å²) in [6.45, 7) is -2.74. The minimum atomic E-state index is -2.04. The molecule has 5 heterocycles. The summed E-state index contributed by atoms with van der Waals surface area (Å²) in [5.41, 5.74) is 5.85. The van der Waals surface area contributed by atoms with E-state index in [0.717, 1.165) is 38.8 Å². The minimum absolute atomic E-state index is 0.0386. The summed E-state index contributed by atoms with van der Waals surface area (Å²) in [5.74, 6) is -6.55. The van der Waals surface area contributed by atoms with Crippen LogP contribution in [-0.2, 0) is 88.9 Å². The molecule has 0 spiro atoms. The van der Waals surface area contributed by atoms with Gasteiger partial charge in [0.25, 0.3) is 5.56 Å². The van der Waals surface area contributed by atoms with E-state index in [9.17, 15) is 73.5 Å². The number of hydrogen-bond acceptors (Lipinski definition) is 20. The Morgan fingerprint density at radius 1 is 0.745 bits per heavy atom. The fourth-order valence-corrected chi connectivity index (χ4v) is 13.4. The van der Waals surface area contributed by atoms with Crippen molar-refractivity contribution in [2.45, 2.75) is 119 Å². The number of fused-ring (bicyclic) bond motifs is 8. The minimum Gasteiger partial charge on any atom is -0.458 e. The van der Waals surface area contributed by atoms with Gasteiger partial charge in [-0.05, 0) is 82.8 Å². The zero-order valence-electron chi connectivity index (χ0n) is 53.0. The molecule has 4 aromatic carbocycles. The maximum atomic E-state index is 14.0. The summed E-state index contributed by atoms with van der Waals surface area (Å²) in [6.07, 6.45) is -8.31. The van der Waals surface area contributed by atoms with Crippen LogP contribution in [0.4, 0.5) is 4.79 Å². The third-order valence-corrected chi connectivity index (χ3v) is 18.4. The number of halogens is 1. The van der Waals surface area contributed by atoms with Gasteiger partial charge in [-0.25, -0.2) is 14.6 Å². The van der Waals surface area contributed by atoms with Gasteiger partial charge in [0.05, 0.1) is 61.3 Å². The first kappa shape index (κ1) is 69.6. The number of aliphatic hydroxyl groups is 5. The molecule has 1 fully saturated rings. The van der Waals surface area contributed by atoms with E-state index in [1.54, 1.807) is 49.4 Å². The third kappa shape index (κ3) is 15.0. The number of aliphatic hydroxyl groups excluding tert-OH is 4. The molecule has 3 aliphatic heterocycles. The first-order chi connectivity index (χ1) is 47.1. The molecule has 516 valence electrons. The van der Waals surface area contributed by atoms with Crippen LogP contribution >= 0.6 is 11.6 Å². The fourth-order valence-electron chi connectivity index (χ4n) is 13.1. The fraction of sp³-hybridized carbons (Fsp3) is 0.397. The van der Waals surface area contributed by atoms with E-state index < -0.39 is 159 Å². The number of amides is 8. The molecule has 0 radical (unpaired) electrons. The highest BCUT2D eigenvalue weighted by Gasteiger charge is 2.47. The highest BCUT2D eigenvalue weighted by molar-refractivity contribution is 6.31. The molecule has 2 aliphatic carbocycles. The number of pyridine rings is 2. The molecule has 98 heavy (non-hydrogen) atoms. The molecule has 1 saturated heterocycles. The summed E-state index contributed by atoms with van der Waals surface area (Å²) in [7, 11) is 0. The van der Waals surface area contributed by atoms with Crippen molar-refractivity contribution >= 4 is 75.9 Å². The monoisotopic (exact) mass is 1370 g/mol. The number of cyclic esters (lactones) is 1. The standard InChI is InChI=1S/C68H73ClN10O19/c1-2-68(94)44-23-49-59-41(28-79(49)65(91)43(44)31-96-66(68)92)58-45(17-16-35-21-36(69)22-47(77-59)57(35)58)75-56(85)32-95-33-74-54(83)26-73-64(90)48(20-34-10-4-3-5-11-34)76-55(84)27-71-53(82)25-72-63(89)46(18-19-52(81)70-24-50-60(86)62(88)61(87)51(29-80)98-50)78-67(93)97-30-42-39-14-8-6-12-37(39)38-13-7-9-15-40(38)42/h3-15,21-23,42,45-46,48,50-51,60-62,80,86-88,94H,2,16-20,24-33H2,1H3,(H,70,81)(H,71,82)(H,72,89)(H,73,90)(H,74,83)(H,75,85)(H,76,84)(H,78,93)/t45-,46+,48+,50+,51-,60+,61-,62-,68+/m1/s1. The van der Waals surface area contributed by atoms with Crippen molar-refractivity contribution in [2.24, 2.45) is 0 Å². The van der Waals surface area contributed by atoms with Gasteiger partial charge in [0.1, 0.15) is 69.2 Å². The SMILES string of the molecule is CC[C@@]1(O)C(=O)OCc2c1cc1n(c2=O)Cc2c-1nc1cc(Cl)cc3c1c2[C@H](NC(=O)COCNC(=O)CNC(=O)[C@H](Cc1ccccc1)NC(=O)CNC(=O)CNC(=O)[C@H](CCC(=O)NC[C@@H]1O[C@H](CO)[C@@H](O)[C@H](O)[C@H]1O)NC(=O)OCC1c2ccccc2-c2ccccc21)CC3.